The third kappa shape index (κ3) is 6.54. The number of ether oxygens (including phenoxy) is 2. The van der Waals surface area contributed by atoms with Gasteiger partial charge in [-0.05, 0) is 48.4 Å². The van der Waals surface area contributed by atoms with Crippen molar-refractivity contribution in [2.24, 2.45) is 10.8 Å². The Morgan fingerprint density at radius 3 is 2.51 bits per heavy atom. The molecule has 2 N–H and O–H groups in total. The number of methoxy groups -OCH3 is 1. The molecule has 2 aliphatic heterocycles. The van der Waals surface area contributed by atoms with Crippen molar-refractivity contribution in [3.8, 4) is 0 Å². The predicted octanol–water partition coefficient (Wildman–Crippen LogP) is 2.74. The van der Waals surface area contributed by atoms with Crippen LogP contribution in [0.2, 0.25) is 0 Å². The van der Waals surface area contributed by atoms with E-state index in [9.17, 15) is 9.59 Å². The molecule has 0 aromatic heterocycles. The van der Waals surface area contributed by atoms with Gasteiger partial charge in [0.15, 0.2) is 5.78 Å². The molecular weight excluding hydrogens is 444 g/mol. The minimum absolute atomic E-state index is 0.0596. The number of hydrogen-bond donors (Lipinski definition) is 1. The Morgan fingerprint density at radius 1 is 1.03 bits per heavy atom. The van der Waals surface area contributed by atoms with Crippen LogP contribution in [0.4, 0.5) is 0 Å². The number of hydrogen-bond acceptors (Lipinski definition) is 8. The highest BCUT2D eigenvalue weighted by atomic mass is 16.6. The molecule has 2 aromatic carbocycles. The van der Waals surface area contributed by atoms with E-state index in [0.717, 1.165) is 36.2 Å². The molecule has 8 nitrogen and oxygen atoms in total. The van der Waals surface area contributed by atoms with Gasteiger partial charge in [0.2, 0.25) is 0 Å². The molecule has 2 heterocycles. The Balaban J connectivity index is 1.41. The molecule has 0 saturated carbocycles. The van der Waals surface area contributed by atoms with Gasteiger partial charge in [-0.25, -0.2) is 0 Å². The zero-order valence-electron chi connectivity index (χ0n) is 20.3. The second-order valence-corrected chi connectivity index (χ2v) is 9.00. The summed E-state index contributed by atoms with van der Waals surface area (Å²) in [6.45, 7) is 3.33. The maximum atomic E-state index is 13.2. The highest BCUT2D eigenvalue weighted by Gasteiger charge is 2.27. The Hall–Kier alpha value is -3.07. The molecule has 1 atom stereocenters. The molecule has 8 heteroatoms. The number of nitrogens with zero attached hydrogens (tertiary/aromatic N) is 3. The first kappa shape index (κ1) is 25.0. The fourth-order valence-electron chi connectivity index (χ4n) is 4.49. The number of hydrazone groups is 1. The zero-order valence-corrected chi connectivity index (χ0v) is 20.3. The SMILES string of the molecule is COCCOC(=O)CN1CCc2ccc(C(=O)c3ccc(C=NN4CCCCC4)cc3)cc2C1N. The summed E-state index contributed by atoms with van der Waals surface area (Å²) in [4.78, 5) is 27.2. The minimum atomic E-state index is -0.477. The fraction of sp³-hybridized carbons (Fsp3) is 0.444. The van der Waals surface area contributed by atoms with Gasteiger partial charge in [-0.1, -0.05) is 36.4 Å². The van der Waals surface area contributed by atoms with E-state index < -0.39 is 6.17 Å². The number of esters is 1. The summed E-state index contributed by atoms with van der Waals surface area (Å²) in [5.41, 5.74) is 10.6. The molecule has 186 valence electrons. The highest BCUT2D eigenvalue weighted by Crippen LogP contribution is 2.28. The molecular formula is C27H34N4O4. The molecule has 0 bridgehead atoms. The smallest absolute Gasteiger partial charge is 0.320 e. The average molecular weight is 479 g/mol. The summed E-state index contributed by atoms with van der Waals surface area (Å²) < 4.78 is 10.1. The monoisotopic (exact) mass is 478 g/mol. The lowest BCUT2D eigenvalue weighted by Crippen LogP contribution is -2.43. The number of nitrogens with two attached hydrogens (primary N) is 1. The van der Waals surface area contributed by atoms with E-state index in [1.165, 1.54) is 19.3 Å². The van der Waals surface area contributed by atoms with Crippen molar-refractivity contribution in [1.29, 1.82) is 0 Å². The van der Waals surface area contributed by atoms with E-state index in [2.05, 4.69) is 10.1 Å². The van der Waals surface area contributed by atoms with Gasteiger partial charge >= 0.3 is 5.97 Å². The Bertz CT molecular complexity index is 1050. The second kappa shape index (κ2) is 12.1. The lowest BCUT2D eigenvalue weighted by Gasteiger charge is -2.34. The van der Waals surface area contributed by atoms with Crippen molar-refractivity contribution in [1.82, 2.24) is 9.91 Å². The first-order valence-electron chi connectivity index (χ1n) is 12.3. The lowest BCUT2D eigenvalue weighted by molar-refractivity contribution is -0.147. The Morgan fingerprint density at radius 2 is 1.77 bits per heavy atom. The normalized spacial score (nSPS) is 18.5. The van der Waals surface area contributed by atoms with Gasteiger partial charge in [0.1, 0.15) is 6.61 Å². The summed E-state index contributed by atoms with van der Waals surface area (Å²) in [6.07, 6.45) is 5.78. The third-order valence-electron chi connectivity index (χ3n) is 6.55. The standard InChI is InChI=1S/C27H34N4O4/c1-34-15-16-35-25(32)19-30-14-11-21-9-10-23(17-24(21)27(30)28)26(33)22-7-5-20(6-8-22)18-29-31-12-3-2-4-13-31/h5-10,17-18,27H,2-4,11-16,19,28H2,1H3. The highest BCUT2D eigenvalue weighted by molar-refractivity contribution is 6.09. The van der Waals surface area contributed by atoms with Crippen LogP contribution in [-0.2, 0) is 20.7 Å². The molecule has 4 rings (SSSR count). The van der Waals surface area contributed by atoms with Crippen molar-refractivity contribution >= 4 is 18.0 Å². The van der Waals surface area contributed by atoms with Gasteiger partial charge in [0.25, 0.3) is 0 Å². The summed E-state index contributed by atoms with van der Waals surface area (Å²) in [5, 5.41) is 6.66. The van der Waals surface area contributed by atoms with Crippen LogP contribution in [0.3, 0.4) is 0 Å². The number of carbonyl (C=O) groups excluding carboxylic acids is 2. The van der Waals surface area contributed by atoms with Gasteiger partial charge in [0.05, 0.1) is 25.5 Å². The zero-order chi connectivity index (χ0) is 24.6. The molecule has 1 fully saturated rings. The van der Waals surface area contributed by atoms with E-state index in [-0.39, 0.29) is 24.9 Å². The van der Waals surface area contributed by atoms with Gasteiger partial charge in [-0.15, -0.1) is 0 Å². The largest absolute Gasteiger partial charge is 0.462 e. The molecule has 1 unspecified atom stereocenters. The molecule has 35 heavy (non-hydrogen) atoms. The Labute approximate surface area is 206 Å². The van der Waals surface area contributed by atoms with Crippen molar-refractivity contribution in [3.05, 3.63) is 70.3 Å². The maximum Gasteiger partial charge on any atom is 0.320 e. The Kier molecular flexibility index (Phi) is 8.63. The van der Waals surface area contributed by atoms with Crippen LogP contribution in [0.5, 0.6) is 0 Å². The molecule has 2 aromatic rings. The van der Waals surface area contributed by atoms with Crippen LogP contribution in [0.15, 0.2) is 47.6 Å². The molecule has 0 amide bonds. The number of fused-ring (bicyclic) bond motifs is 1. The van der Waals surface area contributed by atoms with Crippen LogP contribution in [-0.4, -0.2) is 74.4 Å². The van der Waals surface area contributed by atoms with E-state index in [4.69, 9.17) is 15.2 Å². The molecule has 0 radical (unpaired) electrons. The van der Waals surface area contributed by atoms with Crippen LogP contribution in [0.1, 0.15) is 58.0 Å². The maximum absolute atomic E-state index is 13.2. The third-order valence-corrected chi connectivity index (χ3v) is 6.55. The molecule has 2 aliphatic rings. The van der Waals surface area contributed by atoms with Crippen molar-refractivity contribution in [3.63, 3.8) is 0 Å². The average Bonchev–Trinajstić information content (AvgIpc) is 2.89. The topological polar surface area (TPSA) is 97.5 Å². The minimum Gasteiger partial charge on any atom is -0.462 e. The predicted molar refractivity (Wildman–Crippen MR) is 134 cm³/mol. The summed E-state index contributed by atoms with van der Waals surface area (Å²) in [6, 6.07) is 13.2. The number of carbonyl (C=O) groups is 2. The van der Waals surface area contributed by atoms with Crippen molar-refractivity contribution < 1.29 is 19.1 Å². The van der Waals surface area contributed by atoms with E-state index in [1.54, 1.807) is 7.11 Å². The van der Waals surface area contributed by atoms with Gasteiger partial charge in [-0.3, -0.25) is 19.5 Å². The molecule has 0 aliphatic carbocycles. The first-order chi connectivity index (χ1) is 17.0. The van der Waals surface area contributed by atoms with Crippen LogP contribution in [0.25, 0.3) is 0 Å². The first-order valence-corrected chi connectivity index (χ1v) is 12.3. The van der Waals surface area contributed by atoms with Gasteiger partial charge in [0, 0.05) is 37.9 Å². The van der Waals surface area contributed by atoms with Gasteiger partial charge in [-0.2, -0.15) is 5.10 Å². The quantitative estimate of drug-likeness (QED) is 0.256. The summed E-state index contributed by atoms with van der Waals surface area (Å²) >= 11 is 0. The van der Waals surface area contributed by atoms with Crippen LogP contribution < -0.4 is 5.73 Å². The second-order valence-electron chi connectivity index (χ2n) is 9.00. The number of piperidine rings is 1. The van der Waals surface area contributed by atoms with E-state index in [1.807, 2.05) is 53.6 Å². The molecule has 1 saturated heterocycles. The van der Waals surface area contributed by atoms with Crippen LogP contribution in [0, 0.1) is 0 Å². The van der Waals surface area contributed by atoms with Crippen molar-refractivity contribution in [2.75, 3.05) is 46.5 Å². The lowest BCUT2D eigenvalue weighted by atomic mass is 9.92. The molecule has 0 spiro atoms. The van der Waals surface area contributed by atoms with Crippen molar-refractivity contribution in [2.45, 2.75) is 31.8 Å². The van der Waals surface area contributed by atoms with Gasteiger partial charge < -0.3 is 15.2 Å². The summed E-state index contributed by atoms with van der Waals surface area (Å²) in [5.74, 6) is -0.396. The summed E-state index contributed by atoms with van der Waals surface area (Å²) in [7, 11) is 1.56. The fourth-order valence-corrected chi connectivity index (χ4v) is 4.49. The van der Waals surface area contributed by atoms with E-state index in [0.29, 0.717) is 24.3 Å². The van der Waals surface area contributed by atoms with E-state index >= 15 is 0 Å². The number of ketones is 1. The van der Waals surface area contributed by atoms with Crippen LogP contribution >= 0.6 is 0 Å². The number of benzene rings is 2. The number of rotatable bonds is 9.